The number of rotatable bonds is 6. The molecule has 0 unspecified atom stereocenters. The van der Waals surface area contributed by atoms with Crippen LogP contribution < -0.4 is 0 Å². The Kier molecular flexibility index (Phi) is 4.48. The Labute approximate surface area is 141 Å². The van der Waals surface area contributed by atoms with Gasteiger partial charge < -0.3 is 0 Å². The van der Waals surface area contributed by atoms with Crippen molar-refractivity contribution in [3.05, 3.63) is 34.8 Å². The Hall–Kier alpha value is -1.75. The molecule has 0 saturated heterocycles. The van der Waals surface area contributed by atoms with Crippen LogP contribution in [-0.2, 0) is 21.2 Å². The van der Waals surface area contributed by atoms with Crippen molar-refractivity contribution in [1.82, 2.24) is 18.0 Å². The quantitative estimate of drug-likeness (QED) is 0.656. The third-order valence-corrected chi connectivity index (χ3v) is 6.33. The predicted octanol–water partition coefficient (Wildman–Crippen LogP) is 1.58. The van der Waals surface area contributed by atoms with Gasteiger partial charge in [0.2, 0.25) is 10.0 Å². The maximum atomic E-state index is 12.7. The molecular weight excluding hydrogens is 356 g/mol. The standard InChI is InChI=1S/C13H12N4O3S3/c1-17(8-9(18)7-12-14-5-6-21-12)23(19,20)11-4-2-3-10-13(11)16-22-15-10/h2-6H,7-8H2,1H3. The zero-order valence-electron chi connectivity index (χ0n) is 12.0. The monoisotopic (exact) mass is 368 g/mol. The van der Waals surface area contributed by atoms with E-state index in [1.165, 1.54) is 24.5 Å². The fourth-order valence-corrected chi connectivity index (χ4v) is 4.60. The first kappa shape index (κ1) is 16.1. The summed E-state index contributed by atoms with van der Waals surface area (Å²) in [5.74, 6) is -0.213. The van der Waals surface area contributed by atoms with Crippen LogP contribution in [0.4, 0.5) is 0 Å². The van der Waals surface area contributed by atoms with Gasteiger partial charge in [-0.3, -0.25) is 4.79 Å². The van der Waals surface area contributed by atoms with Gasteiger partial charge >= 0.3 is 0 Å². The highest BCUT2D eigenvalue weighted by Crippen LogP contribution is 2.23. The first-order chi connectivity index (χ1) is 11.0. The van der Waals surface area contributed by atoms with E-state index in [9.17, 15) is 13.2 Å². The smallest absolute Gasteiger partial charge is 0.245 e. The number of Topliss-reactive ketones (excluding diaryl/α,β-unsaturated/α-hetero) is 1. The van der Waals surface area contributed by atoms with Gasteiger partial charge in [-0.2, -0.15) is 13.1 Å². The molecule has 0 saturated carbocycles. The lowest BCUT2D eigenvalue weighted by Crippen LogP contribution is -2.33. The number of sulfonamides is 1. The zero-order chi connectivity index (χ0) is 16.4. The van der Waals surface area contributed by atoms with Crippen LogP contribution >= 0.6 is 23.1 Å². The summed E-state index contributed by atoms with van der Waals surface area (Å²) in [6.45, 7) is -0.212. The van der Waals surface area contributed by atoms with Gasteiger partial charge in [-0.05, 0) is 12.1 Å². The molecule has 0 amide bonds. The molecule has 0 aliphatic rings. The Balaban J connectivity index is 1.81. The van der Waals surface area contributed by atoms with E-state index in [0.717, 1.165) is 16.0 Å². The normalized spacial score (nSPS) is 12.1. The van der Waals surface area contributed by atoms with Gasteiger partial charge in [-0.25, -0.2) is 13.4 Å². The highest BCUT2D eigenvalue weighted by Gasteiger charge is 2.26. The van der Waals surface area contributed by atoms with Crippen LogP contribution in [0.2, 0.25) is 0 Å². The molecule has 0 spiro atoms. The largest absolute Gasteiger partial charge is 0.298 e. The van der Waals surface area contributed by atoms with E-state index in [4.69, 9.17) is 0 Å². The molecule has 0 fully saturated rings. The van der Waals surface area contributed by atoms with Crippen LogP contribution in [0.25, 0.3) is 11.0 Å². The molecule has 0 bridgehead atoms. The molecule has 10 heteroatoms. The van der Waals surface area contributed by atoms with Crippen molar-refractivity contribution in [2.75, 3.05) is 13.6 Å². The third-order valence-electron chi connectivity index (χ3n) is 3.17. The van der Waals surface area contributed by atoms with Crippen molar-refractivity contribution < 1.29 is 13.2 Å². The van der Waals surface area contributed by atoms with Crippen LogP contribution in [0.3, 0.4) is 0 Å². The molecule has 23 heavy (non-hydrogen) atoms. The van der Waals surface area contributed by atoms with E-state index < -0.39 is 10.0 Å². The molecule has 0 atom stereocenters. The highest BCUT2D eigenvalue weighted by atomic mass is 32.2. The Morgan fingerprint density at radius 1 is 1.30 bits per heavy atom. The maximum absolute atomic E-state index is 12.7. The number of thiazole rings is 1. The summed E-state index contributed by atoms with van der Waals surface area (Å²) in [6, 6.07) is 4.79. The summed E-state index contributed by atoms with van der Waals surface area (Å²) in [5, 5.41) is 2.45. The van der Waals surface area contributed by atoms with E-state index in [0.29, 0.717) is 16.0 Å². The van der Waals surface area contributed by atoms with Gasteiger partial charge in [0.05, 0.1) is 29.7 Å². The van der Waals surface area contributed by atoms with Gasteiger partial charge in [0, 0.05) is 18.6 Å². The lowest BCUT2D eigenvalue weighted by atomic mass is 10.3. The average Bonchev–Trinajstić information content (AvgIpc) is 3.17. The van der Waals surface area contributed by atoms with Gasteiger partial charge in [-0.15, -0.1) is 11.3 Å². The van der Waals surface area contributed by atoms with Crippen molar-refractivity contribution in [2.45, 2.75) is 11.3 Å². The number of hydrogen-bond donors (Lipinski definition) is 0. The molecule has 3 rings (SSSR count). The van der Waals surface area contributed by atoms with Crippen LogP contribution in [-0.4, -0.2) is 45.8 Å². The van der Waals surface area contributed by atoms with Gasteiger partial charge in [0.15, 0.2) is 5.78 Å². The van der Waals surface area contributed by atoms with Crippen molar-refractivity contribution in [3.8, 4) is 0 Å². The van der Waals surface area contributed by atoms with Crippen LogP contribution in [0.1, 0.15) is 5.01 Å². The summed E-state index contributed by atoms with van der Waals surface area (Å²) in [5.41, 5.74) is 0.857. The molecule has 2 heterocycles. The van der Waals surface area contributed by atoms with Gasteiger partial charge in [0.25, 0.3) is 0 Å². The Morgan fingerprint density at radius 3 is 2.87 bits per heavy atom. The summed E-state index contributed by atoms with van der Waals surface area (Å²) in [6.07, 6.45) is 1.74. The van der Waals surface area contributed by atoms with E-state index in [1.807, 2.05) is 0 Å². The fraction of sp³-hybridized carbons (Fsp3) is 0.231. The molecule has 0 radical (unpaired) electrons. The van der Waals surface area contributed by atoms with Gasteiger partial charge in [0.1, 0.15) is 15.9 Å². The van der Waals surface area contributed by atoms with E-state index in [2.05, 4.69) is 13.7 Å². The van der Waals surface area contributed by atoms with Crippen molar-refractivity contribution in [3.63, 3.8) is 0 Å². The molecule has 0 aliphatic carbocycles. The highest BCUT2D eigenvalue weighted by molar-refractivity contribution is 7.89. The lowest BCUT2D eigenvalue weighted by Gasteiger charge is -2.16. The summed E-state index contributed by atoms with van der Waals surface area (Å²) >= 11 is 2.32. The van der Waals surface area contributed by atoms with E-state index >= 15 is 0 Å². The summed E-state index contributed by atoms with van der Waals surface area (Å²) < 4.78 is 34.5. The number of carbonyl (C=O) groups excluding carboxylic acids is 1. The molecular formula is C13H12N4O3S3. The summed E-state index contributed by atoms with van der Waals surface area (Å²) in [4.78, 5) is 16.1. The second kappa shape index (κ2) is 6.40. The minimum atomic E-state index is -3.81. The van der Waals surface area contributed by atoms with Crippen LogP contribution in [0.15, 0.2) is 34.7 Å². The number of likely N-dealkylation sites (N-methyl/N-ethyl adjacent to an activating group) is 1. The molecule has 3 aromatic rings. The molecule has 120 valence electrons. The minimum Gasteiger partial charge on any atom is -0.298 e. The molecule has 1 aromatic carbocycles. The van der Waals surface area contributed by atoms with E-state index in [1.54, 1.807) is 23.7 Å². The average molecular weight is 368 g/mol. The number of aromatic nitrogens is 3. The SMILES string of the molecule is CN(CC(=O)Cc1nccs1)S(=O)(=O)c1cccc2nsnc12. The topological polar surface area (TPSA) is 93.1 Å². The van der Waals surface area contributed by atoms with Crippen LogP contribution in [0, 0.1) is 0 Å². The number of ketones is 1. The maximum Gasteiger partial charge on any atom is 0.245 e. The number of fused-ring (bicyclic) bond motifs is 1. The lowest BCUT2D eigenvalue weighted by molar-refractivity contribution is -0.118. The van der Waals surface area contributed by atoms with Crippen LogP contribution in [0.5, 0.6) is 0 Å². The van der Waals surface area contributed by atoms with Gasteiger partial charge in [-0.1, -0.05) is 6.07 Å². The second-order valence-electron chi connectivity index (χ2n) is 4.79. The van der Waals surface area contributed by atoms with Crippen molar-refractivity contribution in [2.24, 2.45) is 0 Å². The number of benzene rings is 1. The number of carbonyl (C=O) groups is 1. The van der Waals surface area contributed by atoms with Crippen molar-refractivity contribution >= 4 is 49.9 Å². The third kappa shape index (κ3) is 3.29. The Bertz CT molecular complexity index is 934. The molecule has 0 N–H and O–H groups in total. The number of nitrogens with zero attached hydrogens (tertiary/aromatic N) is 4. The molecule has 7 nitrogen and oxygen atoms in total. The van der Waals surface area contributed by atoms with E-state index in [-0.39, 0.29) is 23.6 Å². The molecule has 0 aliphatic heterocycles. The predicted molar refractivity (Wildman–Crippen MR) is 88.1 cm³/mol. The minimum absolute atomic E-state index is 0.0632. The zero-order valence-corrected chi connectivity index (χ0v) is 14.5. The second-order valence-corrected chi connectivity index (χ2v) is 8.31. The Morgan fingerprint density at radius 2 is 2.13 bits per heavy atom. The molecule has 2 aromatic heterocycles. The van der Waals surface area contributed by atoms with Crippen molar-refractivity contribution in [1.29, 1.82) is 0 Å². The first-order valence-electron chi connectivity index (χ1n) is 6.56. The number of hydrogen-bond acceptors (Lipinski definition) is 8. The first-order valence-corrected chi connectivity index (χ1v) is 9.61. The summed E-state index contributed by atoms with van der Waals surface area (Å²) in [7, 11) is -2.43. The fourth-order valence-electron chi connectivity index (χ4n) is 2.06.